The van der Waals surface area contributed by atoms with Crippen LogP contribution in [0.25, 0.3) is 28.1 Å². The summed E-state index contributed by atoms with van der Waals surface area (Å²) in [6.07, 6.45) is 6.18. The molecule has 0 saturated heterocycles. The minimum absolute atomic E-state index is 0.0237. The zero-order chi connectivity index (χ0) is 19.5. The molecule has 0 radical (unpaired) electrons. The summed E-state index contributed by atoms with van der Waals surface area (Å²) in [6, 6.07) is 17.1. The quantitative estimate of drug-likeness (QED) is 0.421. The largest absolute Gasteiger partial charge is 0.319 e. The highest BCUT2D eigenvalue weighted by atomic mass is 19.1. The van der Waals surface area contributed by atoms with Crippen molar-refractivity contribution >= 4 is 22.8 Å². The van der Waals surface area contributed by atoms with Gasteiger partial charge in [0.15, 0.2) is 5.78 Å². The fourth-order valence-electron chi connectivity index (χ4n) is 3.15. The third kappa shape index (κ3) is 3.25. The molecule has 4 rings (SSSR count). The number of nitrogens with zero attached hydrogens (tertiary/aromatic N) is 1. The van der Waals surface area contributed by atoms with Gasteiger partial charge in [-0.25, -0.2) is 4.39 Å². The number of aromatic nitrogens is 2. The van der Waals surface area contributed by atoms with Gasteiger partial charge in [-0.05, 0) is 35.4 Å². The SMILES string of the molecule is O=C(/C=C/c1cccnc1)c1c(-c2ccccc2)c2cccc(F)c2[nH]c1=O. The average Bonchev–Trinajstić information content (AvgIpc) is 2.73. The fraction of sp³-hybridized carbons (Fsp3) is 0. The molecule has 4 aromatic rings. The summed E-state index contributed by atoms with van der Waals surface area (Å²) < 4.78 is 14.3. The lowest BCUT2D eigenvalue weighted by atomic mass is 9.93. The molecule has 28 heavy (non-hydrogen) atoms. The van der Waals surface area contributed by atoms with Crippen molar-refractivity contribution in [3.8, 4) is 11.1 Å². The maximum absolute atomic E-state index is 14.3. The van der Waals surface area contributed by atoms with Crippen LogP contribution in [0, 0.1) is 5.82 Å². The van der Waals surface area contributed by atoms with Gasteiger partial charge in [-0.2, -0.15) is 0 Å². The smallest absolute Gasteiger partial charge is 0.260 e. The number of hydrogen-bond donors (Lipinski definition) is 1. The Kier molecular flexibility index (Phi) is 4.64. The molecule has 0 unspecified atom stereocenters. The maximum Gasteiger partial charge on any atom is 0.260 e. The molecule has 1 N–H and O–H groups in total. The van der Waals surface area contributed by atoms with E-state index in [9.17, 15) is 14.0 Å². The van der Waals surface area contributed by atoms with E-state index in [0.717, 1.165) is 5.56 Å². The van der Waals surface area contributed by atoms with Crippen LogP contribution in [0.1, 0.15) is 15.9 Å². The first-order chi connectivity index (χ1) is 13.6. The van der Waals surface area contributed by atoms with Crippen molar-refractivity contribution in [3.63, 3.8) is 0 Å². The van der Waals surface area contributed by atoms with Crippen LogP contribution in [0.5, 0.6) is 0 Å². The predicted molar refractivity (Wildman–Crippen MR) is 108 cm³/mol. The van der Waals surface area contributed by atoms with E-state index in [2.05, 4.69) is 9.97 Å². The van der Waals surface area contributed by atoms with Crippen LogP contribution in [-0.2, 0) is 0 Å². The number of aromatic amines is 1. The van der Waals surface area contributed by atoms with Crippen LogP contribution in [0.3, 0.4) is 0 Å². The standard InChI is InChI=1S/C23H15FN2O2/c24-18-10-4-9-17-20(16-7-2-1-3-8-16)21(23(28)26-22(17)18)19(27)12-11-15-6-5-13-25-14-15/h1-14H,(H,26,28)/b12-11+. The van der Waals surface area contributed by atoms with E-state index in [1.165, 1.54) is 12.1 Å². The molecular weight excluding hydrogens is 355 g/mol. The van der Waals surface area contributed by atoms with Crippen LogP contribution in [0.4, 0.5) is 4.39 Å². The Balaban J connectivity index is 1.95. The number of allylic oxidation sites excluding steroid dienone is 1. The number of H-pyrrole nitrogens is 1. The lowest BCUT2D eigenvalue weighted by molar-refractivity contribution is 0.104. The molecular formula is C23H15FN2O2. The molecule has 5 heteroatoms. The molecule has 0 amide bonds. The Labute approximate surface area is 160 Å². The van der Waals surface area contributed by atoms with Crippen molar-refractivity contribution in [1.29, 1.82) is 0 Å². The number of carbonyl (C=O) groups is 1. The van der Waals surface area contributed by atoms with Crippen molar-refractivity contribution in [2.75, 3.05) is 0 Å². The Morgan fingerprint density at radius 3 is 2.57 bits per heavy atom. The van der Waals surface area contributed by atoms with E-state index in [-0.39, 0.29) is 11.1 Å². The van der Waals surface area contributed by atoms with Crippen LogP contribution in [0.15, 0.2) is 83.9 Å². The summed E-state index contributed by atoms with van der Waals surface area (Å²) in [5.74, 6) is -1.01. The van der Waals surface area contributed by atoms with Crippen LogP contribution < -0.4 is 5.56 Å². The number of rotatable bonds is 4. The van der Waals surface area contributed by atoms with Crippen molar-refractivity contribution in [3.05, 3.63) is 106 Å². The molecule has 0 saturated carbocycles. The zero-order valence-corrected chi connectivity index (χ0v) is 14.7. The van der Waals surface area contributed by atoms with E-state index >= 15 is 0 Å². The maximum atomic E-state index is 14.3. The highest BCUT2D eigenvalue weighted by molar-refractivity contribution is 6.15. The summed E-state index contributed by atoms with van der Waals surface area (Å²) in [7, 11) is 0. The van der Waals surface area contributed by atoms with Crippen molar-refractivity contribution < 1.29 is 9.18 Å². The number of benzene rings is 2. The number of halogens is 1. The number of carbonyl (C=O) groups excluding carboxylic acids is 1. The molecule has 4 nitrogen and oxygen atoms in total. The topological polar surface area (TPSA) is 62.8 Å². The molecule has 2 aromatic carbocycles. The molecule has 0 fully saturated rings. The third-order valence-corrected chi connectivity index (χ3v) is 4.42. The van der Waals surface area contributed by atoms with Crippen LogP contribution in [0.2, 0.25) is 0 Å². The lowest BCUT2D eigenvalue weighted by Gasteiger charge is -2.11. The normalized spacial score (nSPS) is 11.2. The number of nitrogens with one attached hydrogen (secondary N) is 1. The highest BCUT2D eigenvalue weighted by Gasteiger charge is 2.20. The van der Waals surface area contributed by atoms with Gasteiger partial charge in [-0.1, -0.05) is 48.5 Å². The number of hydrogen-bond acceptors (Lipinski definition) is 3. The Morgan fingerprint density at radius 2 is 1.82 bits per heavy atom. The van der Waals surface area contributed by atoms with Crippen molar-refractivity contribution in [2.24, 2.45) is 0 Å². The molecule has 0 aliphatic carbocycles. The van der Waals surface area contributed by atoms with Gasteiger partial charge in [-0.15, -0.1) is 0 Å². The van der Waals surface area contributed by atoms with E-state index in [1.54, 1.807) is 67.0 Å². The average molecular weight is 370 g/mol. The number of fused-ring (bicyclic) bond motifs is 1. The molecule has 2 aromatic heterocycles. The highest BCUT2D eigenvalue weighted by Crippen LogP contribution is 2.30. The van der Waals surface area contributed by atoms with Gasteiger partial charge in [0.1, 0.15) is 5.82 Å². The van der Waals surface area contributed by atoms with Crippen LogP contribution >= 0.6 is 0 Å². The predicted octanol–water partition coefficient (Wildman–Crippen LogP) is 4.63. The van der Waals surface area contributed by atoms with E-state index < -0.39 is 17.2 Å². The second kappa shape index (κ2) is 7.40. The first kappa shape index (κ1) is 17.5. The molecule has 0 atom stereocenters. The number of ketones is 1. The second-order valence-corrected chi connectivity index (χ2v) is 6.22. The molecule has 2 heterocycles. The summed E-state index contributed by atoms with van der Waals surface area (Å²) in [5.41, 5.74) is 1.25. The Hall–Kier alpha value is -3.86. The third-order valence-electron chi connectivity index (χ3n) is 4.42. The van der Waals surface area contributed by atoms with Gasteiger partial charge in [0.2, 0.25) is 0 Å². The van der Waals surface area contributed by atoms with Gasteiger partial charge in [-0.3, -0.25) is 14.6 Å². The Bertz CT molecular complexity index is 1250. The zero-order valence-electron chi connectivity index (χ0n) is 14.7. The summed E-state index contributed by atoms with van der Waals surface area (Å²) in [4.78, 5) is 32.2. The molecule has 0 spiro atoms. The van der Waals surface area contributed by atoms with Gasteiger partial charge in [0.25, 0.3) is 5.56 Å². The van der Waals surface area contributed by atoms with Crippen molar-refractivity contribution in [1.82, 2.24) is 9.97 Å². The molecule has 0 bridgehead atoms. The van der Waals surface area contributed by atoms with Crippen LogP contribution in [-0.4, -0.2) is 15.8 Å². The van der Waals surface area contributed by atoms with E-state index in [0.29, 0.717) is 16.5 Å². The molecule has 0 aliphatic rings. The number of para-hydroxylation sites is 1. The van der Waals surface area contributed by atoms with Gasteiger partial charge in [0.05, 0.1) is 11.1 Å². The Morgan fingerprint density at radius 1 is 1.00 bits per heavy atom. The second-order valence-electron chi connectivity index (χ2n) is 6.22. The number of pyridine rings is 2. The molecule has 136 valence electrons. The van der Waals surface area contributed by atoms with Gasteiger partial charge >= 0.3 is 0 Å². The molecule has 0 aliphatic heterocycles. The minimum atomic E-state index is -0.628. The monoisotopic (exact) mass is 370 g/mol. The van der Waals surface area contributed by atoms with E-state index in [1.807, 2.05) is 6.07 Å². The van der Waals surface area contributed by atoms with Gasteiger partial charge < -0.3 is 4.98 Å². The first-order valence-electron chi connectivity index (χ1n) is 8.67. The van der Waals surface area contributed by atoms with Gasteiger partial charge in [0, 0.05) is 23.3 Å². The lowest BCUT2D eigenvalue weighted by Crippen LogP contribution is -2.19. The summed E-state index contributed by atoms with van der Waals surface area (Å²) in [5, 5.41) is 0.476. The summed E-state index contributed by atoms with van der Waals surface area (Å²) in [6.45, 7) is 0. The van der Waals surface area contributed by atoms with Crippen molar-refractivity contribution in [2.45, 2.75) is 0 Å². The first-order valence-corrected chi connectivity index (χ1v) is 8.67. The van der Waals surface area contributed by atoms with E-state index in [4.69, 9.17) is 0 Å². The fourth-order valence-corrected chi connectivity index (χ4v) is 3.15. The minimum Gasteiger partial charge on any atom is -0.319 e. The summed E-state index contributed by atoms with van der Waals surface area (Å²) >= 11 is 0.